The highest BCUT2D eigenvalue weighted by Crippen LogP contribution is 2.29. The Morgan fingerprint density at radius 1 is 1.20 bits per heavy atom. The number of fused-ring (bicyclic) bond motifs is 1. The Bertz CT molecular complexity index is 1360. The summed E-state index contributed by atoms with van der Waals surface area (Å²) in [6, 6.07) is 13.4. The van der Waals surface area contributed by atoms with E-state index < -0.39 is 0 Å². The Morgan fingerprint density at radius 3 is 3.00 bits per heavy atom. The van der Waals surface area contributed by atoms with Crippen LogP contribution in [0.1, 0.15) is 31.5 Å². The van der Waals surface area contributed by atoms with Crippen molar-refractivity contribution in [3.63, 3.8) is 0 Å². The van der Waals surface area contributed by atoms with Crippen molar-refractivity contribution in [2.45, 2.75) is 38.3 Å². The van der Waals surface area contributed by atoms with Crippen LogP contribution in [0, 0.1) is 12.3 Å². The number of nitrogens with zero attached hydrogens (tertiary/aromatic N) is 2. The topological polar surface area (TPSA) is 108 Å². The van der Waals surface area contributed by atoms with Crippen LogP contribution in [0.15, 0.2) is 53.1 Å². The number of anilines is 1. The molecule has 1 aliphatic heterocycles. The molecule has 1 saturated heterocycles. The van der Waals surface area contributed by atoms with Crippen LogP contribution < -0.4 is 16.0 Å². The van der Waals surface area contributed by atoms with Gasteiger partial charge in [-0.3, -0.25) is 4.79 Å². The number of amides is 1. The van der Waals surface area contributed by atoms with Crippen LogP contribution in [0.3, 0.4) is 0 Å². The lowest BCUT2D eigenvalue weighted by atomic mass is 10.0. The highest BCUT2D eigenvalue weighted by atomic mass is 16.4. The van der Waals surface area contributed by atoms with Gasteiger partial charge in [0.25, 0.3) is 0 Å². The second kappa shape index (κ2) is 10.6. The Morgan fingerprint density at radius 2 is 2.14 bits per heavy atom. The maximum atomic E-state index is 12.6. The minimum Gasteiger partial charge on any atom is -0.436 e. The van der Waals surface area contributed by atoms with Gasteiger partial charge in [-0.2, -0.15) is 0 Å². The molecule has 0 aliphatic carbocycles. The van der Waals surface area contributed by atoms with Gasteiger partial charge < -0.3 is 25.4 Å². The van der Waals surface area contributed by atoms with Crippen molar-refractivity contribution in [3.05, 3.63) is 54.5 Å². The number of H-pyrrole nitrogens is 1. The molecule has 1 amide bonds. The zero-order valence-electron chi connectivity index (χ0n) is 19.4. The first-order chi connectivity index (χ1) is 17.2. The van der Waals surface area contributed by atoms with E-state index in [4.69, 9.17) is 10.8 Å². The van der Waals surface area contributed by atoms with Crippen LogP contribution in [-0.2, 0) is 11.3 Å². The number of oxazole rings is 1. The number of carbonyl (C=O) groups excluding carboxylic acids is 1. The fourth-order valence-corrected chi connectivity index (χ4v) is 4.24. The number of carbonyl (C=O) groups is 1. The van der Waals surface area contributed by atoms with Crippen LogP contribution in [0.2, 0.25) is 0 Å². The summed E-state index contributed by atoms with van der Waals surface area (Å²) in [5.74, 6) is 4.62. The van der Waals surface area contributed by atoms with Gasteiger partial charge in [-0.15, -0.1) is 12.3 Å². The molecule has 0 unspecified atom stereocenters. The predicted octanol–water partition coefficient (Wildman–Crippen LogP) is 4.08. The van der Waals surface area contributed by atoms with Crippen LogP contribution >= 0.6 is 0 Å². The molecular weight excluding hydrogens is 440 g/mol. The van der Waals surface area contributed by atoms with Gasteiger partial charge in [-0.1, -0.05) is 12.5 Å². The first kappa shape index (κ1) is 22.8. The summed E-state index contributed by atoms with van der Waals surface area (Å²) in [6.07, 6.45) is 10.7. The second-order valence-electron chi connectivity index (χ2n) is 8.65. The molecule has 1 aliphatic rings. The van der Waals surface area contributed by atoms with Crippen LogP contribution in [-0.4, -0.2) is 40.0 Å². The van der Waals surface area contributed by atoms with E-state index in [1.807, 2.05) is 42.5 Å². The number of terminal acetylenes is 1. The summed E-state index contributed by atoms with van der Waals surface area (Å²) in [5.41, 5.74) is 4.24. The Kier molecular flexibility index (Phi) is 6.89. The lowest BCUT2D eigenvalue weighted by Gasteiger charge is -2.22. The summed E-state index contributed by atoms with van der Waals surface area (Å²) >= 11 is 0. The van der Waals surface area contributed by atoms with Crippen molar-refractivity contribution < 1.29 is 9.21 Å². The third-order valence-corrected chi connectivity index (χ3v) is 6.06. The van der Waals surface area contributed by atoms with E-state index in [1.54, 1.807) is 6.20 Å². The van der Waals surface area contributed by atoms with Gasteiger partial charge in [0, 0.05) is 29.8 Å². The molecule has 35 heavy (non-hydrogen) atoms. The molecule has 4 N–H and O–H groups in total. The summed E-state index contributed by atoms with van der Waals surface area (Å²) in [5, 5.41) is 9.55. The zero-order chi connectivity index (χ0) is 24.0. The summed E-state index contributed by atoms with van der Waals surface area (Å²) in [4.78, 5) is 25.0. The van der Waals surface area contributed by atoms with Gasteiger partial charge in [-0.25, -0.2) is 9.97 Å². The van der Waals surface area contributed by atoms with Crippen LogP contribution in [0.5, 0.6) is 0 Å². The number of hydrogen-bond acceptors (Lipinski definition) is 6. The monoisotopic (exact) mass is 468 g/mol. The highest BCUT2D eigenvalue weighted by Gasteiger charge is 2.20. The average Bonchev–Trinajstić information content (AvgIpc) is 3.54. The number of piperidine rings is 1. The largest absolute Gasteiger partial charge is 0.436 e. The molecule has 0 radical (unpaired) electrons. The number of rotatable bonds is 8. The van der Waals surface area contributed by atoms with Crippen LogP contribution in [0.25, 0.3) is 33.8 Å². The lowest BCUT2D eigenvalue weighted by molar-refractivity contribution is -0.118. The van der Waals surface area contributed by atoms with E-state index in [1.165, 1.54) is 0 Å². The maximum Gasteiger partial charge on any atom is 0.241 e. The molecule has 0 saturated carbocycles. The van der Waals surface area contributed by atoms with Crippen molar-refractivity contribution in [1.82, 2.24) is 25.6 Å². The van der Waals surface area contributed by atoms with Gasteiger partial charge in [0.05, 0.1) is 29.8 Å². The molecular formula is C27H28N6O2. The number of aromatic nitrogens is 3. The fraction of sp³-hybridized carbons (Fsp3) is 0.296. The van der Waals surface area contributed by atoms with E-state index in [0.29, 0.717) is 24.6 Å². The van der Waals surface area contributed by atoms with E-state index >= 15 is 0 Å². The molecule has 5 rings (SSSR count). The minimum absolute atomic E-state index is 0.00609. The molecule has 2 aromatic carbocycles. The van der Waals surface area contributed by atoms with Crippen molar-refractivity contribution in [3.8, 4) is 35.1 Å². The second-order valence-corrected chi connectivity index (χ2v) is 8.65. The molecule has 2 aromatic heterocycles. The molecule has 0 bridgehead atoms. The van der Waals surface area contributed by atoms with Gasteiger partial charge in [0.15, 0.2) is 5.76 Å². The first-order valence-electron chi connectivity index (χ1n) is 11.9. The molecule has 1 fully saturated rings. The normalized spacial score (nSPS) is 15.7. The number of nitrogens with one attached hydrogen (secondary N) is 4. The molecule has 3 heterocycles. The molecule has 0 spiro atoms. The van der Waals surface area contributed by atoms with Crippen molar-refractivity contribution in [2.24, 2.45) is 0 Å². The highest BCUT2D eigenvalue weighted by molar-refractivity contribution is 5.95. The fourth-order valence-electron chi connectivity index (χ4n) is 4.24. The molecule has 8 nitrogen and oxygen atoms in total. The van der Waals surface area contributed by atoms with Crippen molar-refractivity contribution in [1.29, 1.82) is 0 Å². The third-order valence-electron chi connectivity index (χ3n) is 6.06. The predicted molar refractivity (Wildman–Crippen MR) is 136 cm³/mol. The zero-order valence-corrected chi connectivity index (χ0v) is 19.4. The van der Waals surface area contributed by atoms with E-state index in [0.717, 1.165) is 66.0 Å². The maximum absolute atomic E-state index is 12.6. The Hall–Kier alpha value is -3.93. The Labute approximate surface area is 203 Å². The Balaban J connectivity index is 1.29. The van der Waals surface area contributed by atoms with Gasteiger partial charge in [0.1, 0.15) is 5.82 Å². The number of aromatic amines is 1. The minimum atomic E-state index is -0.141. The van der Waals surface area contributed by atoms with Gasteiger partial charge in [0.2, 0.25) is 11.8 Å². The SMILES string of the molecule is C#CCCNCc1nc2ccc(-c3cnc(-c4cccc(NC(=O)[C@@H]5CCCCN5)c4)o3)cc2[nH]1. The lowest BCUT2D eigenvalue weighted by Crippen LogP contribution is -2.43. The molecule has 4 aromatic rings. The van der Waals surface area contributed by atoms with E-state index in [9.17, 15) is 4.79 Å². The smallest absolute Gasteiger partial charge is 0.241 e. The first-order valence-corrected chi connectivity index (χ1v) is 11.9. The summed E-state index contributed by atoms with van der Waals surface area (Å²) in [6.45, 7) is 2.26. The average molecular weight is 469 g/mol. The molecule has 1 atom stereocenters. The van der Waals surface area contributed by atoms with Gasteiger partial charge in [-0.05, 0) is 55.8 Å². The number of hydrogen-bond donors (Lipinski definition) is 4. The van der Waals surface area contributed by atoms with E-state index in [2.05, 4.69) is 36.8 Å². The molecule has 178 valence electrons. The van der Waals surface area contributed by atoms with Crippen molar-refractivity contribution >= 4 is 22.6 Å². The standard InChI is InChI=1S/C27H28N6O2/c1-2-3-12-28-17-25-32-21-11-10-18(15-23(21)33-25)24-16-30-27(35-24)19-7-6-8-20(14-19)31-26(34)22-9-4-5-13-29-22/h1,6-8,10-11,14-16,22,28-29H,3-5,9,12-13,17H2,(H,31,34)(H,32,33)/t22-/m0/s1. The van der Waals surface area contributed by atoms with Gasteiger partial charge >= 0.3 is 0 Å². The summed E-state index contributed by atoms with van der Waals surface area (Å²) in [7, 11) is 0. The third kappa shape index (κ3) is 5.43. The summed E-state index contributed by atoms with van der Waals surface area (Å²) < 4.78 is 6.08. The van der Waals surface area contributed by atoms with Crippen LogP contribution in [0.4, 0.5) is 5.69 Å². The quantitative estimate of drug-likeness (QED) is 0.229. The van der Waals surface area contributed by atoms with E-state index in [-0.39, 0.29) is 11.9 Å². The molecule has 8 heteroatoms. The number of imidazole rings is 1. The van der Waals surface area contributed by atoms with Crippen molar-refractivity contribution in [2.75, 3.05) is 18.4 Å². The number of benzene rings is 2.